The highest BCUT2D eigenvalue weighted by Gasteiger charge is 2.26. The van der Waals surface area contributed by atoms with Gasteiger partial charge in [-0.15, -0.1) is 0 Å². The maximum absolute atomic E-state index is 6.22. The monoisotopic (exact) mass is 240 g/mol. The zero-order valence-electron chi connectivity index (χ0n) is 11.2. The van der Waals surface area contributed by atoms with Crippen LogP contribution in [0.25, 0.3) is 0 Å². The van der Waals surface area contributed by atoms with Crippen molar-refractivity contribution in [2.75, 3.05) is 33.4 Å². The maximum atomic E-state index is 6.22. The third-order valence-corrected chi connectivity index (χ3v) is 4.57. The summed E-state index contributed by atoms with van der Waals surface area (Å²) in [6, 6.07) is 0.459. The van der Waals surface area contributed by atoms with E-state index in [-0.39, 0.29) is 0 Å². The van der Waals surface area contributed by atoms with Crippen LogP contribution in [0.3, 0.4) is 0 Å². The molecule has 0 radical (unpaired) electrons. The lowest BCUT2D eigenvalue weighted by molar-refractivity contribution is 0.0860. The summed E-state index contributed by atoms with van der Waals surface area (Å²) in [4.78, 5) is 2.63. The van der Waals surface area contributed by atoms with Gasteiger partial charge in [-0.2, -0.15) is 0 Å². The lowest BCUT2D eigenvalue weighted by atomic mass is 9.84. The Morgan fingerprint density at radius 3 is 2.47 bits per heavy atom. The fourth-order valence-electron chi connectivity index (χ4n) is 3.37. The van der Waals surface area contributed by atoms with E-state index in [9.17, 15) is 0 Å². The van der Waals surface area contributed by atoms with Crippen LogP contribution >= 0.6 is 0 Å². The van der Waals surface area contributed by atoms with Gasteiger partial charge in [0.05, 0.1) is 0 Å². The van der Waals surface area contributed by atoms with E-state index in [1.54, 1.807) is 0 Å². The second-order valence-electron chi connectivity index (χ2n) is 5.91. The minimum absolute atomic E-state index is 0.459. The van der Waals surface area contributed by atoms with Crippen molar-refractivity contribution >= 4 is 0 Å². The summed E-state index contributed by atoms with van der Waals surface area (Å²) in [6.07, 6.45) is 7.92. The second-order valence-corrected chi connectivity index (χ2v) is 5.91. The van der Waals surface area contributed by atoms with Crippen molar-refractivity contribution in [2.24, 2.45) is 17.6 Å². The van der Waals surface area contributed by atoms with Crippen molar-refractivity contribution in [2.45, 2.75) is 44.6 Å². The van der Waals surface area contributed by atoms with E-state index < -0.39 is 0 Å². The van der Waals surface area contributed by atoms with E-state index in [1.807, 2.05) is 7.11 Å². The van der Waals surface area contributed by atoms with Crippen LogP contribution < -0.4 is 5.73 Å². The Bertz CT molecular complexity index is 214. The number of methoxy groups -OCH3 is 1. The highest BCUT2D eigenvalue weighted by atomic mass is 16.5. The Kier molecular flexibility index (Phi) is 5.26. The van der Waals surface area contributed by atoms with Gasteiger partial charge in [-0.05, 0) is 50.6 Å². The number of nitrogens with two attached hydrogens (primary N) is 1. The summed E-state index contributed by atoms with van der Waals surface area (Å²) in [5.74, 6) is 1.54. The molecule has 0 aromatic heterocycles. The van der Waals surface area contributed by atoms with Crippen LogP contribution in [0.1, 0.15) is 38.5 Å². The predicted molar refractivity (Wildman–Crippen MR) is 71.0 cm³/mol. The lowest BCUT2D eigenvalue weighted by Crippen LogP contribution is -2.44. The Labute approximate surface area is 106 Å². The Balaban J connectivity index is 1.70. The fourth-order valence-corrected chi connectivity index (χ4v) is 3.37. The Hall–Kier alpha value is -0.120. The highest BCUT2D eigenvalue weighted by molar-refractivity contribution is 4.82. The molecule has 2 rings (SSSR count). The number of piperidine rings is 1. The first-order valence-electron chi connectivity index (χ1n) is 7.26. The molecule has 0 aromatic carbocycles. The van der Waals surface area contributed by atoms with Gasteiger partial charge < -0.3 is 15.4 Å². The van der Waals surface area contributed by atoms with Gasteiger partial charge in [0.15, 0.2) is 0 Å². The molecular formula is C14H28N2O. The smallest absolute Gasteiger partial charge is 0.0491 e. The van der Waals surface area contributed by atoms with E-state index in [0.29, 0.717) is 6.04 Å². The molecule has 3 heteroatoms. The van der Waals surface area contributed by atoms with Gasteiger partial charge in [-0.25, -0.2) is 0 Å². The molecule has 100 valence electrons. The molecule has 0 spiro atoms. The first kappa shape index (κ1) is 13.3. The van der Waals surface area contributed by atoms with Gasteiger partial charge in [0.25, 0.3) is 0 Å². The normalized spacial score (nSPS) is 32.8. The SMILES string of the molecule is COCC1CCN(CC2CCCCC2N)CC1. The van der Waals surface area contributed by atoms with Crippen LogP contribution in [0, 0.1) is 11.8 Å². The number of hydrogen-bond donors (Lipinski definition) is 1. The van der Waals surface area contributed by atoms with Gasteiger partial charge in [0.1, 0.15) is 0 Å². The third kappa shape index (κ3) is 3.94. The maximum Gasteiger partial charge on any atom is 0.0491 e. The summed E-state index contributed by atoms with van der Waals surface area (Å²) in [6.45, 7) is 4.67. The van der Waals surface area contributed by atoms with Gasteiger partial charge in [0, 0.05) is 26.3 Å². The Morgan fingerprint density at radius 2 is 1.82 bits per heavy atom. The number of hydrogen-bond acceptors (Lipinski definition) is 3. The molecular weight excluding hydrogens is 212 g/mol. The van der Waals surface area contributed by atoms with Crippen molar-refractivity contribution in [3.05, 3.63) is 0 Å². The molecule has 1 heterocycles. The molecule has 3 nitrogen and oxygen atoms in total. The summed E-state index contributed by atoms with van der Waals surface area (Å²) in [5.41, 5.74) is 6.22. The molecule has 17 heavy (non-hydrogen) atoms. The molecule has 1 saturated carbocycles. The average Bonchev–Trinajstić information content (AvgIpc) is 2.35. The van der Waals surface area contributed by atoms with Crippen LogP contribution in [-0.4, -0.2) is 44.3 Å². The number of ether oxygens (including phenoxy) is 1. The fraction of sp³-hybridized carbons (Fsp3) is 1.00. The highest BCUT2D eigenvalue weighted by Crippen LogP contribution is 2.25. The molecule has 2 N–H and O–H groups in total. The van der Waals surface area contributed by atoms with Gasteiger partial charge in [0.2, 0.25) is 0 Å². The molecule has 0 bridgehead atoms. The molecule has 2 fully saturated rings. The summed E-state index contributed by atoms with van der Waals surface area (Å²) in [7, 11) is 1.81. The first-order valence-corrected chi connectivity index (χ1v) is 7.26. The minimum Gasteiger partial charge on any atom is -0.384 e. The number of likely N-dealkylation sites (tertiary alicyclic amines) is 1. The minimum atomic E-state index is 0.459. The van der Waals surface area contributed by atoms with Crippen LogP contribution in [0.15, 0.2) is 0 Å². The van der Waals surface area contributed by atoms with Crippen LogP contribution in [0.2, 0.25) is 0 Å². The lowest BCUT2D eigenvalue weighted by Gasteiger charge is -2.37. The van der Waals surface area contributed by atoms with Crippen molar-refractivity contribution in [3.63, 3.8) is 0 Å². The van der Waals surface area contributed by atoms with Gasteiger partial charge >= 0.3 is 0 Å². The summed E-state index contributed by atoms with van der Waals surface area (Å²) < 4.78 is 5.25. The van der Waals surface area contributed by atoms with E-state index in [2.05, 4.69) is 4.90 Å². The summed E-state index contributed by atoms with van der Waals surface area (Å²) >= 11 is 0. The predicted octanol–water partition coefficient (Wildman–Crippen LogP) is 1.86. The Morgan fingerprint density at radius 1 is 1.12 bits per heavy atom. The van der Waals surface area contributed by atoms with Crippen molar-refractivity contribution in [1.82, 2.24) is 4.90 Å². The van der Waals surface area contributed by atoms with Crippen LogP contribution in [0.5, 0.6) is 0 Å². The summed E-state index contributed by atoms with van der Waals surface area (Å²) in [5, 5.41) is 0. The largest absolute Gasteiger partial charge is 0.384 e. The van der Waals surface area contributed by atoms with Crippen molar-refractivity contribution in [3.8, 4) is 0 Å². The molecule has 1 saturated heterocycles. The first-order chi connectivity index (χ1) is 8.29. The van der Waals surface area contributed by atoms with E-state index in [4.69, 9.17) is 10.5 Å². The molecule has 2 atom stereocenters. The van der Waals surface area contributed by atoms with Crippen LogP contribution in [0.4, 0.5) is 0 Å². The van der Waals surface area contributed by atoms with Crippen LogP contribution in [-0.2, 0) is 4.74 Å². The topological polar surface area (TPSA) is 38.5 Å². The molecule has 0 amide bonds. The zero-order valence-corrected chi connectivity index (χ0v) is 11.2. The average molecular weight is 240 g/mol. The van der Waals surface area contributed by atoms with Crippen molar-refractivity contribution in [1.29, 1.82) is 0 Å². The molecule has 1 aliphatic heterocycles. The van der Waals surface area contributed by atoms with Gasteiger partial charge in [-0.3, -0.25) is 0 Å². The zero-order chi connectivity index (χ0) is 12.1. The second kappa shape index (κ2) is 6.72. The number of rotatable bonds is 4. The van der Waals surface area contributed by atoms with E-state index in [0.717, 1.165) is 18.4 Å². The van der Waals surface area contributed by atoms with E-state index >= 15 is 0 Å². The third-order valence-electron chi connectivity index (χ3n) is 4.57. The van der Waals surface area contributed by atoms with Gasteiger partial charge in [-0.1, -0.05) is 12.8 Å². The standard InChI is InChI=1S/C14H28N2O/c1-17-11-12-6-8-16(9-7-12)10-13-4-2-3-5-14(13)15/h12-14H,2-11,15H2,1H3. The van der Waals surface area contributed by atoms with E-state index in [1.165, 1.54) is 58.2 Å². The quantitative estimate of drug-likeness (QED) is 0.815. The molecule has 2 aliphatic rings. The molecule has 0 aromatic rings. The van der Waals surface area contributed by atoms with Crippen molar-refractivity contribution < 1.29 is 4.74 Å². The molecule has 1 aliphatic carbocycles. The number of nitrogens with zero attached hydrogens (tertiary/aromatic N) is 1. The molecule has 2 unspecified atom stereocenters.